The van der Waals surface area contributed by atoms with E-state index in [9.17, 15) is 0 Å². The maximum Gasteiger partial charge on any atom is -0.0232 e. The first-order valence-electron chi connectivity index (χ1n) is 5.91. The molecule has 1 unspecified atom stereocenters. The molecule has 0 aromatic rings. The summed E-state index contributed by atoms with van der Waals surface area (Å²) in [6, 6.07) is 0. The summed E-state index contributed by atoms with van der Waals surface area (Å²) >= 11 is 0. The Balaban J connectivity index is 3.55. The van der Waals surface area contributed by atoms with Crippen LogP contribution in [0.1, 0.15) is 66.2 Å². The van der Waals surface area contributed by atoms with Crippen LogP contribution in [0, 0.1) is 5.92 Å². The van der Waals surface area contributed by atoms with Crippen molar-refractivity contribution in [1.29, 1.82) is 0 Å². The Morgan fingerprint density at radius 2 is 1.85 bits per heavy atom. The van der Waals surface area contributed by atoms with Gasteiger partial charge in [0.1, 0.15) is 0 Å². The van der Waals surface area contributed by atoms with Crippen molar-refractivity contribution in [3.8, 4) is 0 Å². The molecule has 0 bridgehead atoms. The van der Waals surface area contributed by atoms with E-state index in [0.29, 0.717) is 0 Å². The Morgan fingerprint density at radius 3 is 2.31 bits per heavy atom. The van der Waals surface area contributed by atoms with Gasteiger partial charge in [-0.15, -0.1) is 0 Å². The molecule has 1 atom stereocenters. The van der Waals surface area contributed by atoms with Crippen LogP contribution in [0.25, 0.3) is 0 Å². The number of rotatable bonds is 7. The SMILES string of the molecule is CC=C(CC)C(C)CCCCCC. The van der Waals surface area contributed by atoms with Gasteiger partial charge in [0.15, 0.2) is 0 Å². The van der Waals surface area contributed by atoms with Crippen molar-refractivity contribution in [2.75, 3.05) is 0 Å². The Morgan fingerprint density at radius 1 is 1.15 bits per heavy atom. The summed E-state index contributed by atoms with van der Waals surface area (Å²) in [4.78, 5) is 0. The van der Waals surface area contributed by atoms with Gasteiger partial charge in [-0.2, -0.15) is 0 Å². The largest absolute Gasteiger partial charge is 0.0882 e. The maximum atomic E-state index is 2.37. The smallest absolute Gasteiger partial charge is 0.0232 e. The minimum atomic E-state index is 0.812. The van der Waals surface area contributed by atoms with Gasteiger partial charge >= 0.3 is 0 Å². The van der Waals surface area contributed by atoms with Gasteiger partial charge in [-0.3, -0.25) is 0 Å². The Labute approximate surface area is 84.4 Å². The molecule has 13 heavy (non-hydrogen) atoms. The lowest BCUT2D eigenvalue weighted by Gasteiger charge is -2.13. The topological polar surface area (TPSA) is 0 Å². The van der Waals surface area contributed by atoms with Crippen molar-refractivity contribution < 1.29 is 0 Å². The molecule has 0 aliphatic carbocycles. The molecule has 0 fully saturated rings. The van der Waals surface area contributed by atoms with Crippen molar-refractivity contribution >= 4 is 0 Å². The molecule has 0 aromatic carbocycles. The zero-order valence-electron chi connectivity index (χ0n) is 9.90. The Hall–Kier alpha value is -0.260. The summed E-state index contributed by atoms with van der Waals surface area (Å²) < 4.78 is 0. The molecule has 0 aliphatic rings. The number of allylic oxidation sites excluding steroid dienone is 2. The van der Waals surface area contributed by atoms with E-state index in [0.717, 1.165) is 5.92 Å². The van der Waals surface area contributed by atoms with Gasteiger partial charge in [0.2, 0.25) is 0 Å². The Bertz CT molecular complexity index is 133. The lowest BCUT2D eigenvalue weighted by molar-refractivity contribution is 0.533. The van der Waals surface area contributed by atoms with E-state index >= 15 is 0 Å². The highest BCUT2D eigenvalue weighted by Crippen LogP contribution is 2.20. The predicted molar refractivity (Wildman–Crippen MR) is 62.0 cm³/mol. The predicted octanol–water partition coefficient (Wildman–Crippen LogP) is 4.95. The van der Waals surface area contributed by atoms with E-state index < -0.39 is 0 Å². The molecule has 0 amide bonds. The van der Waals surface area contributed by atoms with E-state index in [1.54, 1.807) is 5.57 Å². The van der Waals surface area contributed by atoms with Crippen LogP contribution in [-0.2, 0) is 0 Å². The molecule has 0 radical (unpaired) electrons. The van der Waals surface area contributed by atoms with E-state index in [-0.39, 0.29) is 0 Å². The first-order valence-corrected chi connectivity index (χ1v) is 5.91. The van der Waals surface area contributed by atoms with Crippen LogP contribution in [0.5, 0.6) is 0 Å². The van der Waals surface area contributed by atoms with Crippen molar-refractivity contribution in [3.63, 3.8) is 0 Å². The third-order valence-corrected chi connectivity index (χ3v) is 2.90. The van der Waals surface area contributed by atoms with Crippen molar-refractivity contribution in [2.45, 2.75) is 66.2 Å². The van der Waals surface area contributed by atoms with Crippen molar-refractivity contribution in [3.05, 3.63) is 11.6 Å². The summed E-state index contributed by atoms with van der Waals surface area (Å²) in [5.41, 5.74) is 1.64. The molecule has 78 valence electrons. The second-order valence-corrected chi connectivity index (χ2v) is 3.97. The quantitative estimate of drug-likeness (QED) is 0.386. The van der Waals surface area contributed by atoms with E-state index in [1.165, 1.54) is 38.5 Å². The van der Waals surface area contributed by atoms with Crippen LogP contribution in [0.2, 0.25) is 0 Å². The normalized spacial score (nSPS) is 14.6. The van der Waals surface area contributed by atoms with Crippen LogP contribution in [-0.4, -0.2) is 0 Å². The molecule has 0 heteroatoms. The van der Waals surface area contributed by atoms with Crippen LogP contribution < -0.4 is 0 Å². The van der Waals surface area contributed by atoms with Crippen LogP contribution in [0.3, 0.4) is 0 Å². The maximum absolute atomic E-state index is 2.37. The molecule has 0 nitrogen and oxygen atoms in total. The first kappa shape index (κ1) is 12.7. The zero-order chi connectivity index (χ0) is 10.1. The van der Waals surface area contributed by atoms with Gasteiger partial charge in [-0.05, 0) is 25.7 Å². The van der Waals surface area contributed by atoms with E-state index in [2.05, 4.69) is 33.8 Å². The van der Waals surface area contributed by atoms with Crippen molar-refractivity contribution in [2.24, 2.45) is 5.92 Å². The third kappa shape index (κ3) is 5.90. The monoisotopic (exact) mass is 182 g/mol. The lowest BCUT2D eigenvalue weighted by Crippen LogP contribution is -1.98. The lowest BCUT2D eigenvalue weighted by atomic mass is 9.93. The standard InChI is InChI=1S/C13H26/c1-5-8-9-10-11-12(4)13(6-2)7-3/h6,12H,5,7-11H2,1-4H3. The molecular formula is C13H26. The molecule has 0 saturated carbocycles. The van der Waals surface area contributed by atoms with Gasteiger partial charge in [-0.1, -0.05) is 58.1 Å². The number of hydrogen-bond acceptors (Lipinski definition) is 0. The fourth-order valence-electron chi connectivity index (χ4n) is 1.90. The first-order chi connectivity index (χ1) is 6.26. The molecule has 0 rings (SSSR count). The molecule has 0 N–H and O–H groups in total. The minimum absolute atomic E-state index is 0.812. The molecular weight excluding hydrogens is 156 g/mol. The summed E-state index contributed by atoms with van der Waals surface area (Å²) in [7, 11) is 0. The van der Waals surface area contributed by atoms with Crippen LogP contribution >= 0.6 is 0 Å². The fourth-order valence-corrected chi connectivity index (χ4v) is 1.90. The summed E-state index contributed by atoms with van der Waals surface area (Å²) in [5.74, 6) is 0.812. The highest BCUT2D eigenvalue weighted by molar-refractivity contribution is 5.03. The summed E-state index contributed by atoms with van der Waals surface area (Å²) in [6.07, 6.45) is 10.5. The fraction of sp³-hybridized carbons (Fsp3) is 0.846. The Kier molecular flexibility index (Phi) is 8.18. The van der Waals surface area contributed by atoms with Gasteiger partial charge in [0.25, 0.3) is 0 Å². The second kappa shape index (κ2) is 8.34. The van der Waals surface area contributed by atoms with Crippen LogP contribution in [0.4, 0.5) is 0 Å². The molecule has 0 aliphatic heterocycles. The molecule has 0 heterocycles. The van der Waals surface area contributed by atoms with Crippen LogP contribution in [0.15, 0.2) is 11.6 Å². The molecule has 0 saturated heterocycles. The average molecular weight is 182 g/mol. The number of unbranched alkanes of at least 4 members (excludes halogenated alkanes) is 3. The van der Waals surface area contributed by atoms with Gasteiger partial charge in [0, 0.05) is 0 Å². The number of hydrogen-bond donors (Lipinski definition) is 0. The summed E-state index contributed by atoms with van der Waals surface area (Å²) in [5, 5.41) is 0. The van der Waals surface area contributed by atoms with Gasteiger partial charge in [0.05, 0.1) is 0 Å². The molecule has 0 spiro atoms. The zero-order valence-corrected chi connectivity index (χ0v) is 9.90. The summed E-state index contributed by atoms with van der Waals surface area (Å²) in [6.45, 7) is 9.07. The highest BCUT2D eigenvalue weighted by Gasteiger charge is 2.04. The minimum Gasteiger partial charge on any atom is -0.0882 e. The second-order valence-electron chi connectivity index (χ2n) is 3.97. The highest BCUT2D eigenvalue weighted by atomic mass is 14.1. The van der Waals surface area contributed by atoms with Gasteiger partial charge < -0.3 is 0 Å². The average Bonchev–Trinajstić information content (AvgIpc) is 2.14. The van der Waals surface area contributed by atoms with Gasteiger partial charge in [-0.25, -0.2) is 0 Å². The van der Waals surface area contributed by atoms with E-state index in [4.69, 9.17) is 0 Å². The molecule has 0 aromatic heterocycles. The van der Waals surface area contributed by atoms with E-state index in [1.807, 2.05) is 0 Å². The third-order valence-electron chi connectivity index (χ3n) is 2.90. The van der Waals surface area contributed by atoms with Crippen molar-refractivity contribution in [1.82, 2.24) is 0 Å².